The van der Waals surface area contributed by atoms with Gasteiger partial charge in [0, 0.05) is 19.1 Å². The van der Waals surface area contributed by atoms with E-state index in [0.717, 1.165) is 11.4 Å². The first kappa shape index (κ1) is 17.9. The van der Waals surface area contributed by atoms with Crippen molar-refractivity contribution in [2.24, 2.45) is 0 Å². The number of hydrogen-bond acceptors (Lipinski definition) is 5. The van der Waals surface area contributed by atoms with Gasteiger partial charge in [0.05, 0.1) is 12.1 Å². The summed E-state index contributed by atoms with van der Waals surface area (Å²) in [6.07, 6.45) is -0.648. The Hall–Kier alpha value is -1.89. The van der Waals surface area contributed by atoms with E-state index in [-0.39, 0.29) is 23.9 Å². The summed E-state index contributed by atoms with van der Waals surface area (Å²) in [6.45, 7) is 10.1. The lowest BCUT2D eigenvalue weighted by atomic mass is 10.1. The van der Waals surface area contributed by atoms with E-state index in [4.69, 9.17) is 4.74 Å². The molecule has 3 heterocycles. The van der Waals surface area contributed by atoms with Crippen LogP contribution in [0.3, 0.4) is 0 Å². The van der Waals surface area contributed by atoms with Gasteiger partial charge in [0.1, 0.15) is 22.9 Å². The second-order valence-electron chi connectivity index (χ2n) is 8.01. The van der Waals surface area contributed by atoms with Crippen molar-refractivity contribution in [3.05, 3.63) is 23.1 Å². The van der Waals surface area contributed by atoms with Crippen molar-refractivity contribution < 1.29 is 19.0 Å². The molecule has 1 aromatic rings. The Morgan fingerprint density at radius 3 is 2.72 bits per heavy atom. The molecule has 0 aliphatic carbocycles. The number of aliphatic hydroxyl groups excluding tert-OH is 1. The number of nitrogens with zero attached hydrogens (tertiary/aromatic N) is 3. The first-order valence-corrected chi connectivity index (χ1v) is 8.70. The number of carbonyl (C=O) groups excluding carboxylic acids is 1. The molecule has 3 rings (SSSR count). The van der Waals surface area contributed by atoms with Crippen LogP contribution in [0.5, 0.6) is 0 Å². The standard InChI is InChI=1S/C18H26FN3O3/c1-10-8-21(17(24)25-18(3,4)5)9-13-6-12-7-14(19)15(11(2)23)20-16(12)22(10)13/h7,10-11,13,23H,6,8-9H2,1-5H3/t10-,11?,13-/m1/s1. The number of halogens is 1. The molecule has 25 heavy (non-hydrogen) atoms. The van der Waals surface area contributed by atoms with Crippen LogP contribution in [0.1, 0.15) is 52.0 Å². The molecule has 138 valence electrons. The molecule has 0 aromatic carbocycles. The Morgan fingerprint density at radius 1 is 1.44 bits per heavy atom. The summed E-state index contributed by atoms with van der Waals surface area (Å²) in [4.78, 5) is 20.6. The van der Waals surface area contributed by atoms with Gasteiger partial charge in [-0.2, -0.15) is 0 Å². The molecule has 0 bridgehead atoms. The Kier molecular flexibility index (Phi) is 4.39. The summed E-state index contributed by atoms with van der Waals surface area (Å²) < 4.78 is 19.6. The second kappa shape index (κ2) is 6.12. The number of aromatic nitrogens is 1. The highest BCUT2D eigenvalue weighted by Crippen LogP contribution is 2.37. The molecule has 3 atom stereocenters. The molecule has 1 N–H and O–H groups in total. The van der Waals surface area contributed by atoms with Gasteiger partial charge in [0.15, 0.2) is 0 Å². The lowest BCUT2D eigenvalue weighted by molar-refractivity contribution is 0.0191. The molecule has 1 fully saturated rings. The van der Waals surface area contributed by atoms with Gasteiger partial charge in [-0.15, -0.1) is 0 Å². The number of amides is 1. The zero-order valence-electron chi connectivity index (χ0n) is 15.4. The minimum atomic E-state index is -0.956. The summed E-state index contributed by atoms with van der Waals surface area (Å²) in [5.74, 6) is 0.240. The van der Waals surface area contributed by atoms with Crippen LogP contribution < -0.4 is 4.90 Å². The predicted molar refractivity (Wildman–Crippen MR) is 92.1 cm³/mol. The van der Waals surface area contributed by atoms with Gasteiger partial charge in [-0.25, -0.2) is 14.2 Å². The lowest BCUT2D eigenvalue weighted by Gasteiger charge is -2.43. The van der Waals surface area contributed by atoms with E-state index in [1.165, 1.54) is 13.0 Å². The van der Waals surface area contributed by atoms with Crippen LogP contribution in [0.25, 0.3) is 0 Å². The summed E-state index contributed by atoms with van der Waals surface area (Å²) >= 11 is 0. The fourth-order valence-corrected chi connectivity index (χ4v) is 3.66. The van der Waals surface area contributed by atoms with E-state index < -0.39 is 17.5 Å². The van der Waals surface area contributed by atoms with E-state index in [1.54, 1.807) is 4.90 Å². The second-order valence-corrected chi connectivity index (χ2v) is 8.01. The molecule has 1 amide bonds. The van der Waals surface area contributed by atoms with Crippen molar-refractivity contribution in [1.82, 2.24) is 9.88 Å². The maximum atomic E-state index is 14.1. The van der Waals surface area contributed by atoms with Gasteiger partial charge >= 0.3 is 6.09 Å². The van der Waals surface area contributed by atoms with Gasteiger partial charge in [-0.05, 0) is 52.7 Å². The molecule has 0 saturated carbocycles. The van der Waals surface area contributed by atoms with Crippen LogP contribution >= 0.6 is 0 Å². The molecule has 2 aliphatic rings. The fourth-order valence-electron chi connectivity index (χ4n) is 3.66. The van der Waals surface area contributed by atoms with E-state index in [9.17, 15) is 14.3 Å². The van der Waals surface area contributed by atoms with Gasteiger partial charge in [0.25, 0.3) is 0 Å². The van der Waals surface area contributed by atoms with Crippen LogP contribution in [0.2, 0.25) is 0 Å². The number of piperazine rings is 1. The Bertz CT molecular complexity index is 687. The molecule has 7 heteroatoms. The van der Waals surface area contributed by atoms with Gasteiger partial charge < -0.3 is 19.6 Å². The van der Waals surface area contributed by atoms with E-state index in [2.05, 4.69) is 9.88 Å². The van der Waals surface area contributed by atoms with E-state index in [0.29, 0.717) is 19.5 Å². The zero-order valence-corrected chi connectivity index (χ0v) is 15.4. The number of hydrogen-bond donors (Lipinski definition) is 1. The Balaban J connectivity index is 1.83. The van der Waals surface area contributed by atoms with Crippen LogP contribution in [0.4, 0.5) is 15.0 Å². The molecule has 1 saturated heterocycles. The first-order valence-electron chi connectivity index (χ1n) is 8.70. The molecule has 2 aliphatic heterocycles. The number of carbonyl (C=O) groups is 1. The molecule has 0 spiro atoms. The molecule has 0 radical (unpaired) electrons. The van der Waals surface area contributed by atoms with Crippen LogP contribution in [-0.2, 0) is 11.2 Å². The van der Waals surface area contributed by atoms with Crippen molar-refractivity contribution in [2.45, 2.75) is 64.8 Å². The molecule has 1 aromatic heterocycles. The van der Waals surface area contributed by atoms with Crippen molar-refractivity contribution >= 4 is 11.9 Å². The number of rotatable bonds is 1. The van der Waals surface area contributed by atoms with Gasteiger partial charge in [-0.1, -0.05) is 0 Å². The number of ether oxygens (including phenoxy) is 1. The number of pyridine rings is 1. The quantitative estimate of drug-likeness (QED) is 0.843. The Morgan fingerprint density at radius 2 is 2.12 bits per heavy atom. The maximum absolute atomic E-state index is 14.1. The summed E-state index contributed by atoms with van der Waals surface area (Å²) in [5, 5.41) is 9.73. The number of fused-ring (bicyclic) bond motifs is 3. The third-order valence-corrected chi connectivity index (χ3v) is 4.59. The summed E-state index contributed by atoms with van der Waals surface area (Å²) in [5.41, 5.74) is 0.360. The maximum Gasteiger partial charge on any atom is 0.410 e. The smallest absolute Gasteiger partial charge is 0.410 e. The lowest BCUT2D eigenvalue weighted by Crippen LogP contribution is -2.58. The van der Waals surface area contributed by atoms with Crippen molar-refractivity contribution in [2.75, 3.05) is 18.0 Å². The van der Waals surface area contributed by atoms with Crippen molar-refractivity contribution in [3.8, 4) is 0 Å². The van der Waals surface area contributed by atoms with E-state index in [1.807, 2.05) is 27.7 Å². The molecular formula is C18H26FN3O3. The highest BCUT2D eigenvalue weighted by atomic mass is 19.1. The van der Waals surface area contributed by atoms with Gasteiger partial charge in [0.2, 0.25) is 0 Å². The third kappa shape index (κ3) is 3.42. The van der Waals surface area contributed by atoms with Crippen LogP contribution in [-0.4, -0.2) is 51.9 Å². The topological polar surface area (TPSA) is 65.9 Å². The molecule has 1 unspecified atom stereocenters. The normalized spacial score (nSPS) is 24.0. The minimum Gasteiger partial charge on any atom is -0.444 e. The highest BCUT2D eigenvalue weighted by Gasteiger charge is 2.42. The Labute approximate surface area is 147 Å². The van der Waals surface area contributed by atoms with Crippen LogP contribution in [0, 0.1) is 5.82 Å². The van der Waals surface area contributed by atoms with E-state index >= 15 is 0 Å². The fraction of sp³-hybridized carbons (Fsp3) is 0.667. The average Bonchev–Trinajstić information content (AvgIpc) is 2.81. The number of aliphatic hydroxyl groups is 1. The SMILES string of the molecule is CC(O)c1nc2c(cc1F)C[C@@H]1CN(C(=O)OC(C)(C)C)C[C@@H](C)N21. The van der Waals surface area contributed by atoms with Crippen LogP contribution in [0.15, 0.2) is 6.07 Å². The van der Waals surface area contributed by atoms with Crippen molar-refractivity contribution in [3.63, 3.8) is 0 Å². The molecular weight excluding hydrogens is 325 g/mol. The third-order valence-electron chi connectivity index (χ3n) is 4.59. The highest BCUT2D eigenvalue weighted by molar-refractivity contribution is 5.69. The number of anilines is 1. The molecule has 6 nitrogen and oxygen atoms in total. The van der Waals surface area contributed by atoms with Crippen molar-refractivity contribution in [1.29, 1.82) is 0 Å². The summed E-state index contributed by atoms with van der Waals surface area (Å²) in [7, 11) is 0. The monoisotopic (exact) mass is 351 g/mol. The van der Waals surface area contributed by atoms with Gasteiger partial charge in [-0.3, -0.25) is 0 Å². The summed E-state index contributed by atoms with van der Waals surface area (Å²) in [6, 6.07) is 1.54. The largest absolute Gasteiger partial charge is 0.444 e. The predicted octanol–water partition coefficient (Wildman–Crippen LogP) is 2.64. The first-order chi connectivity index (χ1) is 11.6. The zero-order chi connectivity index (χ0) is 18.5. The minimum absolute atomic E-state index is 0.0346. The average molecular weight is 351 g/mol.